The second kappa shape index (κ2) is 7.28. The van der Waals surface area contributed by atoms with Gasteiger partial charge >= 0.3 is 5.69 Å². The summed E-state index contributed by atoms with van der Waals surface area (Å²) in [4.78, 5) is 44.0. The molecule has 1 aliphatic heterocycles. The molecule has 3 aliphatic rings. The molecule has 3 fully saturated rings. The van der Waals surface area contributed by atoms with Gasteiger partial charge in [0.1, 0.15) is 6.10 Å². The zero-order valence-corrected chi connectivity index (χ0v) is 17.7. The summed E-state index contributed by atoms with van der Waals surface area (Å²) < 4.78 is 10.7. The first-order chi connectivity index (χ1) is 14.4. The highest BCUT2D eigenvalue weighted by Gasteiger charge is 2.35. The van der Waals surface area contributed by atoms with Crippen LogP contribution in [0.2, 0.25) is 0 Å². The van der Waals surface area contributed by atoms with Crippen LogP contribution in [0, 0.1) is 11.8 Å². The lowest BCUT2D eigenvalue weighted by molar-refractivity contribution is -0.134. The first-order valence-corrected chi connectivity index (χ1v) is 11.1. The van der Waals surface area contributed by atoms with Crippen molar-refractivity contribution in [1.29, 1.82) is 0 Å². The molecule has 0 atom stereocenters. The van der Waals surface area contributed by atoms with Crippen molar-refractivity contribution in [2.75, 3.05) is 13.1 Å². The molecule has 2 aromatic rings. The van der Waals surface area contributed by atoms with Crippen LogP contribution in [-0.2, 0) is 25.4 Å². The summed E-state index contributed by atoms with van der Waals surface area (Å²) in [6.07, 6.45) is 6.93. The van der Waals surface area contributed by atoms with E-state index < -0.39 is 5.69 Å². The second-order valence-corrected chi connectivity index (χ2v) is 9.07. The number of rotatable bonds is 6. The lowest BCUT2D eigenvalue weighted by Gasteiger charge is -2.32. The van der Waals surface area contributed by atoms with Gasteiger partial charge in [0, 0.05) is 52.5 Å². The lowest BCUT2D eigenvalue weighted by Crippen LogP contribution is -2.42. The van der Waals surface area contributed by atoms with E-state index in [9.17, 15) is 14.4 Å². The summed E-state index contributed by atoms with van der Waals surface area (Å²) in [5.41, 5.74) is 0.0701. The number of carbonyl (C=O) groups excluding carboxylic acids is 1. The van der Waals surface area contributed by atoms with Gasteiger partial charge in [-0.3, -0.25) is 23.3 Å². The van der Waals surface area contributed by atoms with Crippen molar-refractivity contribution in [2.24, 2.45) is 25.9 Å². The number of ether oxygens (including phenoxy) is 1. The highest BCUT2D eigenvalue weighted by molar-refractivity contribution is 5.81. The Morgan fingerprint density at radius 3 is 2.37 bits per heavy atom. The molecule has 2 aromatic heterocycles. The fourth-order valence-corrected chi connectivity index (χ4v) is 4.37. The van der Waals surface area contributed by atoms with Crippen LogP contribution in [0.3, 0.4) is 0 Å². The monoisotopic (exact) mass is 415 g/mol. The Hall–Kier alpha value is -2.58. The molecule has 162 valence electrons. The van der Waals surface area contributed by atoms with E-state index >= 15 is 0 Å². The summed E-state index contributed by atoms with van der Waals surface area (Å²) in [6.45, 7) is 2.05. The molecule has 3 heterocycles. The predicted octanol–water partition coefficient (Wildman–Crippen LogP) is 1.01. The van der Waals surface area contributed by atoms with Gasteiger partial charge in [0.25, 0.3) is 11.6 Å². The molecule has 1 saturated heterocycles. The second-order valence-electron chi connectivity index (χ2n) is 9.07. The molecule has 0 spiro atoms. The molecule has 0 N–H and O–H groups in total. The van der Waals surface area contributed by atoms with Crippen molar-refractivity contribution in [3.05, 3.63) is 20.8 Å². The van der Waals surface area contributed by atoms with Gasteiger partial charge in [0.2, 0.25) is 5.91 Å². The first kappa shape index (κ1) is 19.4. The highest BCUT2D eigenvalue weighted by atomic mass is 16.5. The standard InChI is InChI=1S/C21H29N5O4/c1-23-17-16(19(28)24(2)21(23)29)26(12-7-13-3-4-13)20(22-17)30-15-8-10-25(11-9-15)18(27)14-5-6-14/h13-15H,3-12H2,1-2H3. The Morgan fingerprint density at radius 1 is 1.03 bits per heavy atom. The molecule has 5 rings (SSSR count). The largest absolute Gasteiger partial charge is 0.461 e. The smallest absolute Gasteiger partial charge is 0.332 e. The van der Waals surface area contributed by atoms with Crippen LogP contribution in [0.1, 0.15) is 44.9 Å². The van der Waals surface area contributed by atoms with Gasteiger partial charge in [-0.25, -0.2) is 4.79 Å². The van der Waals surface area contributed by atoms with Gasteiger partial charge in [0.15, 0.2) is 11.2 Å². The van der Waals surface area contributed by atoms with E-state index in [2.05, 4.69) is 4.98 Å². The molecule has 1 amide bonds. The van der Waals surface area contributed by atoms with E-state index in [-0.39, 0.29) is 23.5 Å². The number of fused-ring (bicyclic) bond motifs is 1. The summed E-state index contributed by atoms with van der Waals surface area (Å²) in [5, 5.41) is 0. The van der Waals surface area contributed by atoms with E-state index in [1.807, 2.05) is 9.47 Å². The average molecular weight is 415 g/mol. The lowest BCUT2D eigenvalue weighted by atomic mass is 10.1. The zero-order chi connectivity index (χ0) is 21.0. The summed E-state index contributed by atoms with van der Waals surface area (Å²) in [6, 6.07) is 0.413. The number of likely N-dealkylation sites (tertiary alicyclic amines) is 1. The quantitative estimate of drug-likeness (QED) is 0.702. The Balaban J connectivity index is 1.41. The molecule has 9 heteroatoms. The third-order valence-electron chi connectivity index (χ3n) is 6.72. The Kier molecular flexibility index (Phi) is 4.71. The number of aryl methyl sites for hydroxylation is 2. The molecule has 2 aliphatic carbocycles. The summed E-state index contributed by atoms with van der Waals surface area (Å²) in [5.74, 6) is 1.22. The van der Waals surface area contributed by atoms with Crippen molar-refractivity contribution in [3.8, 4) is 6.01 Å². The molecule has 2 saturated carbocycles. The van der Waals surface area contributed by atoms with E-state index in [1.54, 1.807) is 7.05 Å². The molecule has 0 aromatic carbocycles. The van der Waals surface area contributed by atoms with E-state index in [4.69, 9.17) is 4.74 Å². The number of imidazole rings is 1. The SMILES string of the molecule is Cn1c(=O)c2c(nc(OC3CCN(C(=O)C4CC4)CC3)n2CCC2CC2)n(C)c1=O. The third kappa shape index (κ3) is 3.44. The Bertz CT molecular complexity index is 1100. The summed E-state index contributed by atoms with van der Waals surface area (Å²) in [7, 11) is 3.13. The number of nitrogens with zero attached hydrogens (tertiary/aromatic N) is 5. The Labute approximate surface area is 174 Å². The van der Waals surface area contributed by atoms with Crippen molar-refractivity contribution in [1.82, 2.24) is 23.6 Å². The fraction of sp³-hybridized carbons (Fsp3) is 0.714. The normalized spacial score (nSPS) is 20.1. The number of carbonyl (C=O) groups is 1. The molecular weight excluding hydrogens is 386 g/mol. The topological polar surface area (TPSA) is 91.4 Å². The maximum Gasteiger partial charge on any atom is 0.332 e. The first-order valence-electron chi connectivity index (χ1n) is 11.1. The van der Waals surface area contributed by atoms with Gasteiger partial charge in [0.05, 0.1) is 0 Å². The van der Waals surface area contributed by atoms with Gasteiger partial charge < -0.3 is 9.64 Å². The Morgan fingerprint density at radius 2 is 1.73 bits per heavy atom. The minimum Gasteiger partial charge on any atom is -0.461 e. The van der Waals surface area contributed by atoms with Crippen LogP contribution in [-0.4, -0.2) is 48.7 Å². The van der Waals surface area contributed by atoms with Crippen molar-refractivity contribution in [3.63, 3.8) is 0 Å². The number of amides is 1. The number of piperidine rings is 1. The average Bonchev–Trinajstić information content (AvgIpc) is 3.67. The molecule has 30 heavy (non-hydrogen) atoms. The van der Waals surface area contributed by atoms with Crippen LogP contribution in [0.15, 0.2) is 9.59 Å². The zero-order valence-electron chi connectivity index (χ0n) is 17.7. The minimum absolute atomic E-state index is 0.0504. The molecule has 9 nitrogen and oxygen atoms in total. The van der Waals surface area contributed by atoms with Crippen molar-refractivity contribution < 1.29 is 9.53 Å². The number of aromatic nitrogens is 4. The van der Waals surface area contributed by atoms with E-state index in [0.717, 1.165) is 36.7 Å². The third-order valence-corrected chi connectivity index (χ3v) is 6.72. The molecule has 0 bridgehead atoms. The van der Waals surface area contributed by atoms with Crippen LogP contribution in [0.25, 0.3) is 11.2 Å². The van der Waals surface area contributed by atoms with Crippen LogP contribution < -0.4 is 16.0 Å². The van der Waals surface area contributed by atoms with Crippen molar-refractivity contribution in [2.45, 2.75) is 57.6 Å². The van der Waals surface area contributed by atoms with E-state index in [1.165, 1.54) is 24.5 Å². The maximum absolute atomic E-state index is 12.9. The minimum atomic E-state index is -0.391. The predicted molar refractivity (Wildman–Crippen MR) is 111 cm³/mol. The summed E-state index contributed by atoms with van der Waals surface area (Å²) >= 11 is 0. The molecule has 0 unspecified atom stereocenters. The molecular formula is C21H29N5O4. The van der Waals surface area contributed by atoms with Crippen LogP contribution in [0.5, 0.6) is 6.01 Å². The van der Waals surface area contributed by atoms with Gasteiger partial charge in [-0.05, 0) is 25.2 Å². The maximum atomic E-state index is 12.9. The fourth-order valence-electron chi connectivity index (χ4n) is 4.37. The van der Waals surface area contributed by atoms with Gasteiger partial charge in [-0.15, -0.1) is 0 Å². The van der Waals surface area contributed by atoms with Crippen LogP contribution in [0.4, 0.5) is 0 Å². The number of hydrogen-bond donors (Lipinski definition) is 0. The van der Waals surface area contributed by atoms with Crippen LogP contribution >= 0.6 is 0 Å². The van der Waals surface area contributed by atoms with Gasteiger partial charge in [-0.1, -0.05) is 12.8 Å². The van der Waals surface area contributed by atoms with E-state index in [0.29, 0.717) is 42.7 Å². The van der Waals surface area contributed by atoms with Crippen molar-refractivity contribution >= 4 is 17.1 Å². The molecule has 0 radical (unpaired) electrons. The van der Waals surface area contributed by atoms with Gasteiger partial charge in [-0.2, -0.15) is 4.98 Å². The number of hydrogen-bond acceptors (Lipinski definition) is 5. The highest BCUT2D eigenvalue weighted by Crippen LogP contribution is 2.34.